The molecule has 0 saturated carbocycles. The molecule has 3 aromatic heterocycles. The molecule has 8 nitrogen and oxygen atoms in total. The van der Waals surface area contributed by atoms with Crippen LogP contribution in [-0.2, 0) is 4.74 Å². The first kappa shape index (κ1) is 14.7. The Kier molecular flexibility index (Phi) is 3.66. The Morgan fingerprint density at radius 1 is 1.25 bits per heavy atom. The van der Waals surface area contributed by atoms with Crippen molar-refractivity contribution in [3.63, 3.8) is 0 Å². The van der Waals surface area contributed by atoms with Crippen LogP contribution in [0.2, 0.25) is 0 Å². The topological polar surface area (TPSA) is 85.5 Å². The number of aryl methyl sites for hydroxylation is 1. The zero-order valence-corrected chi connectivity index (χ0v) is 13.2. The van der Waals surface area contributed by atoms with Crippen LogP contribution in [-0.4, -0.2) is 61.7 Å². The van der Waals surface area contributed by atoms with E-state index in [1.54, 1.807) is 28.0 Å². The molecule has 24 heavy (non-hydrogen) atoms. The Labute approximate surface area is 138 Å². The van der Waals surface area contributed by atoms with Gasteiger partial charge in [0, 0.05) is 37.2 Å². The molecule has 0 atom stereocenters. The Morgan fingerprint density at radius 3 is 2.83 bits per heavy atom. The summed E-state index contributed by atoms with van der Waals surface area (Å²) in [7, 11) is 0. The SMILES string of the molecule is Cc1c(C(=O)N2CCOCC2)cnc2nc(-c3cccnc3)nn12. The molecule has 0 aliphatic carbocycles. The second-order valence-electron chi connectivity index (χ2n) is 5.55. The number of ether oxygens (including phenoxy) is 1. The number of hydrogen-bond donors (Lipinski definition) is 0. The monoisotopic (exact) mass is 324 g/mol. The predicted octanol–water partition coefficient (Wildman–Crippen LogP) is 0.967. The minimum Gasteiger partial charge on any atom is -0.378 e. The molecular formula is C16H16N6O2. The minimum absolute atomic E-state index is 0.0522. The van der Waals surface area contributed by atoms with Crippen molar-refractivity contribution in [2.75, 3.05) is 26.3 Å². The Hall–Kier alpha value is -2.87. The lowest BCUT2D eigenvalue weighted by Crippen LogP contribution is -2.41. The minimum atomic E-state index is -0.0522. The van der Waals surface area contributed by atoms with E-state index in [0.717, 1.165) is 11.3 Å². The van der Waals surface area contributed by atoms with Gasteiger partial charge in [-0.15, -0.1) is 5.10 Å². The van der Waals surface area contributed by atoms with E-state index in [4.69, 9.17) is 4.74 Å². The molecular weight excluding hydrogens is 308 g/mol. The lowest BCUT2D eigenvalue weighted by atomic mass is 10.2. The van der Waals surface area contributed by atoms with Crippen LogP contribution in [0.3, 0.4) is 0 Å². The number of carbonyl (C=O) groups is 1. The standard InChI is InChI=1S/C16H16N6O2/c1-11-13(15(23)21-5-7-24-8-6-21)10-18-16-19-14(20-22(11)16)12-3-2-4-17-9-12/h2-4,9-10H,5-8H2,1H3. The second-order valence-corrected chi connectivity index (χ2v) is 5.55. The summed E-state index contributed by atoms with van der Waals surface area (Å²) >= 11 is 0. The molecule has 1 saturated heterocycles. The first-order valence-corrected chi connectivity index (χ1v) is 7.74. The summed E-state index contributed by atoms with van der Waals surface area (Å²) in [6, 6.07) is 3.71. The zero-order valence-electron chi connectivity index (χ0n) is 13.2. The number of pyridine rings is 1. The van der Waals surface area contributed by atoms with Crippen molar-refractivity contribution < 1.29 is 9.53 Å². The molecule has 4 heterocycles. The van der Waals surface area contributed by atoms with Crippen LogP contribution in [0.5, 0.6) is 0 Å². The lowest BCUT2D eigenvalue weighted by molar-refractivity contribution is 0.0301. The number of hydrogen-bond acceptors (Lipinski definition) is 6. The van der Waals surface area contributed by atoms with Crippen molar-refractivity contribution in [1.29, 1.82) is 0 Å². The van der Waals surface area contributed by atoms with Crippen molar-refractivity contribution in [3.8, 4) is 11.4 Å². The molecule has 1 fully saturated rings. The fraction of sp³-hybridized carbons (Fsp3) is 0.312. The summed E-state index contributed by atoms with van der Waals surface area (Å²) in [6.45, 7) is 4.16. The molecule has 0 N–H and O–H groups in total. The third kappa shape index (κ3) is 2.50. The summed E-state index contributed by atoms with van der Waals surface area (Å²) in [5.41, 5.74) is 2.06. The van der Waals surface area contributed by atoms with Crippen LogP contribution >= 0.6 is 0 Å². The van der Waals surface area contributed by atoms with E-state index < -0.39 is 0 Å². The second kappa shape index (κ2) is 5.97. The molecule has 0 unspecified atom stereocenters. The fourth-order valence-corrected chi connectivity index (χ4v) is 2.71. The van der Waals surface area contributed by atoms with E-state index >= 15 is 0 Å². The number of fused-ring (bicyclic) bond motifs is 1. The molecule has 0 bridgehead atoms. The van der Waals surface area contributed by atoms with Gasteiger partial charge in [-0.2, -0.15) is 4.98 Å². The maximum absolute atomic E-state index is 12.7. The van der Waals surface area contributed by atoms with Gasteiger partial charge in [-0.05, 0) is 19.1 Å². The number of amides is 1. The molecule has 8 heteroatoms. The fourth-order valence-electron chi connectivity index (χ4n) is 2.71. The van der Waals surface area contributed by atoms with Crippen molar-refractivity contribution in [3.05, 3.63) is 42.0 Å². The van der Waals surface area contributed by atoms with Crippen LogP contribution in [0.15, 0.2) is 30.7 Å². The molecule has 0 aromatic carbocycles. The lowest BCUT2D eigenvalue weighted by Gasteiger charge is -2.27. The summed E-state index contributed by atoms with van der Waals surface area (Å²) in [4.78, 5) is 27.3. The third-order valence-corrected chi connectivity index (χ3v) is 4.06. The third-order valence-electron chi connectivity index (χ3n) is 4.06. The molecule has 4 rings (SSSR count). The van der Waals surface area contributed by atoms with Crippen LogP contribution in [0.25, 0.3) is 17.2 Å². The molecule has 1 aliphatic heterocycles. The average molecular weight is 324 g/mol. The van der Waals surface area contributed by atoms with E-state index in [0.29, 0.717) is 43.5 Å². The van der Waals surface area contributed by atoms with Gasteiger partial charge in [-0.3, -0.25) is 9.78 Å². The molecule has 1 aliphatic rings. The van der Waals surface area contributed by atoms with Gasteiger partial charge in [0.05, 0.1) is 24.5 Å². The Morgan fingerprint density at radius 2 is 2.08 bits per heavy atom. The normalized spacial score (nSPS) is 15.0. The number of rotatable bonds is 2. The van der Waals surface area contributed by atoms with Gasteiger partial charge in [-0.25, -0.2) is 9.50 Å². The zero-order chi connectivity index (χ0) is 16.5. The smallest absolute Gasteiger partial charge is 0.257 e. The van der Waals surface area contributed by atoms with Crippen molar-refractivity contribution >= 4 is 11.7 Å². The highest BCUT2D eigenvalue weighted by molar-refractivity contribution is 5.95. The Balaban J connectivity index is 1.73. The van der Waals surface area contributed by atoms with E-state index in [2.05, 4.69) is 20.1 Å². The highest BCUT2D eigenvalue weighted by atomic mass is 16.5. The highest BCUT2D eigenvalue weighted by Gasteiger charge is 2.22. The van der Waals surface area contributed by atoms with Crippen LogP contribution in [0, 0.1) is 6.92 Å². The van der Waals surface area contributed by atoms with E-state index in [1.165, 1.54) is 0 Å². The Bertz CT molecular complexity index is 886. The predicted molar refractivity (Wildman–Crippen MR) is 85.5 cm³/mol. The summed E-state index contributed by atoms with van der Waals surface area (Å²) in [6.07, 6.45) is 4.97. The van der Waals surface area contributed by atoms with Gasteiger partial charge in [0.1, 0.15) is 0 Å². The first-order valence-electron chi connectivity index (χ1n) is 7.74. The summed E-state index contributed by atoms with van der Waals surface area (Å²) in [5.74, 6) is 0.947. The number of carbonyl (C=O) groups excluding carboxylic acids is 1. The van der Waals surface area contributed by atoms with E-state index in [9.17, 15) is 4.79 Å². The highest BCUT2D eigenvalue weighted by Crippen LogP contribution is 2.17. The van der Waals surface area contributed by atoms with E-state index in [1.807, 2.05) is 19.1 Å². The number of nitrogens with zero attached hydrogens (tertiary/aromatic N) is 6. The first-order chi connectivity index (χ1) is 11.7. The summed E-state index contributed by atoms with van der Waals surface area (Å²) < 4.78 is 6.90. The quantitative estimate of drug-likeness (QED) is 0.698. The maximum atomic E-state index is 12.7. The molecule has 1 amide bonds. The molecule has 0 radical (unpaired) electrons. The van der Waals surface area contributed by atoms with Crippen LogP contribution < -0.4 is 0 Å². The van der Waals surface area contributed by atoms with Crippen molar-refractivity contribution in [2.45, 2.75) is 6.92 Å². The van der Waals surface area contributed by atoms with Crippen LogP contribution in [0.4, 0.5) is 0 Å². The molecule has 0 spiro atoms. The van der Waals surface area contributed by atoms with Gasteiger partial charge in [0.2, 0.25) is 0 Å². The number of aromatic nitrogens is 5. The molecule has 122 valence electrons. The maximum Gasteiger partial charge on any atom is 0.257 e. The van der Waals surface area contributed by atoms with Gasteiger partial charge in [0.25, 0.3) is 11.7 Å². The van der Waals surface area contributed by atoms with Crippen molar-refractivity contribution in [1.82, 2.24) is 29.5 Å². The van der Waals surface area contributed by atoms with Crippen LogP contribution in [0.1, 0.15) is 16.1 Å². The molecule has 3 aromatic rings. The number of morpholine rings is 1. The summed E-state index contributed by atoms with van der Waals surface area (Å²) in [5, 5.41) is 4.48. The largest absolute Gasteiger partial charge is 0.378 e. The van der Waals surface area contributed by atoms with E-state index in [-0.39, 0.29) is 5.91 Å². The average Bonchev–Trinajstić information content (AvgIpc) is 3.08. The van der Waals surface area contributed by atoms with Gasteiger partial charge >= 0.3 is 0 Å². The van der Waals surface area contributed by atoms with Gasteiger partial charge in [-0.1, -0.05) is 0 Å². The van der Waals surface area contributed by atoms with Crippen molar-refractivity contribution in [2.24, 2.45) is 0 Å². The van der Waals surface area contributed by atoms with Gasteiger partial charge in [0.15, 0.2) is 5.82 Å². The van der Waals surface area contributed by atoms with Gasteiger partial charge < -0.3 is 9.64 Å².